The average molecular weight is 395 g/mol. The molecule has 1 saturated heterocycles. The molecule has 11 nitrogen and oxygen atoms in total. The van der Waals surface area contributed by atoms with Crippen LogP contribution in [0.1, 0.15) is 20.1 Å². The molecule has 28 heavy (non-hydrogen) atoms. The molecule has 1 aliphatic heterocycles. The maximum Gasteiger partial charge on any atom is 0.167 e. The molecule has 154 valence electrons. The van der Waals surface area contributed by atoms with E-state index in [4.69, 9.17) is 9.84 Å². The van der Waals surface area contributed by atoms with Gasteiger partial charge in [-0.2, -0.15) is 0 Å². The number of anilines is 1. The molecule has 6 atom stereocenters. The lowest BCUT2D eigenvalue weighted by Gasteiger charge is -2.40. The molecule has 1 aliphatic rings. The minimum absolute atomic E-state index is 0.0447. The molecule has 0 amide bonds. The topological polar surface area (TPSA) is 166 Å². The largest absolute Gasteiger partial charge is 0.394 e. The Morgan fingerprint density at radius 3 is 2.64 bits per heavy atom. The molecule has 6 N–H and O–H groups in total. The van der Waals surface area contributed by atoms with Crippen LogP contribution in [0.3, 0.4) is 0 Å². The molecule has 0 spiro atoms. The number of ether oxygens (including phenoxy) is 1. The van der Waals surface area contributed by atoms with Gasteiger partial charge in [0, 0.05) is 6.04 Å². The molecule has 0 saturated carbocycles. The van der Waals surface area contributed by atoms with Gasteiger partial charge in [0.15, 0.2) is 23.2 Å². The zero-order chi connectivity index (χ0) is 20.4. The summed E-state index contributed by atoms with van der Waals surface area (Å²) in [7, 11) is 0. The van der Waals surface area contributed by atoms with Crippen molar-refractivity contribution in [2.45, 2.75) is 50.5 Å². The molecule has 0 aliphatic carbocycles. The molecule has 0 bridgehead atoms. The van der Waals surface area contributed by atoms with Gasteiger partial charge in [-0.15, -0.1) is 0 Å². The highest BCUT2D eigenvalue weighted by molar-refractivity contribution is 5.82. The van der Waals surface area contributed by atoms with Crippen LogP contribution in [-0.2, 0) is 4.74 Å². The SMILES string of the molecule is C/C(=C\C(C)Nc1ncnc2c1ncn2C1O[C@H](CO)[C@@H](O)[C@H](O)[C@H]1O)CO. The predicted molar refractivity (Wildman–Crippen MR) is 98.3 cm³/mol. The van der Waals surface area contributed by atoms with E-state index in [0.29, 0.717) is 17.0 Å². The van der Waals surface area contributed by atoms with Gasteiger partial charge < -0.3 is 35.6 Å². The summed E-state index contributed by atoms with van der Waals surface area (Å²) in [5, 5.41) is 52.0. The van der Waals surface area contributed by atoms with E-state index in [1.165, 1.54) is 17.2 Å². The van der Waals surface area contributed by atoms with E-state index >= 15 is 0 Å². The van der Waals surface area contributed by atoms with E-state index in [1.807, 2.05) is 19.9 Å². The number of aliphatic hydroxyl groups excluding tert-OH is 5. The lowest BCUT2D eigenvalue weighted by molar-refractivity contribution is -0.250. The Morgan fingerprint density at radius 1 is 1.21 bits per heavy atom. The molecule has 0 aromatic carbocycles. The number of rotatable bonds is 6. The smallest absolute Gasteiger partial charge is 0.167 e. The van der Waals surface area contributed by atoms with Crippen LogP contribution >= 0.6 is 0 Å². The molecule has 3 rings (SSSR count). The molecule has 2 aromatic heterocycles. The quantitative estimate of drug-likeness (QED) is 0.318. The van der Waals surface area contributed by atoms with Gasteiger partial charge in [0.05, 0.1) is 19.5 Å². The van der Waals surface area contributed by atoms with Crippen LogP contribution in [0.2, 0.25) is 0 Å². The second-order valence-corrected chi connectivity index (χ2v) is 6.87. The third-order valence-corrected chi connectivity index (χ3v) is 4.65. The fraction of sp³-hybridized carbons (Fsp3) is 0.588. The van der Waals surface area contributed by atoms with E-state index in [0.717, 1.165) is 5.57 Å². The normalized spacial score (nSPS) is 29.8. The van der Waals surface area contributed by atoms with Crippen LogP contribution < -0.4 is 5.32 Å². The van der Waals surface area contributed by atoms with Gasteiger partial charge in [0.2, 0.25) is 0 Å². The van der Waals surface area contributed by atoms with E-state index in [9.17, 15) is 20.4 Å². The molecular formula is C17H25N5O6. The Bertz CT molecular complexity index is 841. The van der Waals surface area contributed by atoms with Gasteiger partial charge in [-0.3, -0.25) is 4.57 Å². The molecular weight excluding hydrogens is 370 g/mol. The predicted octanol–water partition coefficient (Wildman–Crippen LogP) is -1.46. The van der Waals surface area contributed by atoms with Crippen LogP contribution in [0.25, 0.3) is 11.2 Å². The van der Waals surface area contributed by atoms with Crippen molar-refractivity contribution in [3.05, 3.63) is 24.3 Å². The Kier molecular flexibility index (Phi) is 6.23. The number of aromatic nitrogens is 4. The maximum atomic E-state index is 10.3. The Hall–Kier alpha value is -2.15. The molecule has 11 heteroatoms. The zero-order valence-electron chi connectivity index (χ0n) is 15.5. The summed E-state index contributed by atoms with van der Waals surface area (Å²) in [6.07, 6.45) is -1.97. The highest BCUT2D eigenvalue weighted by Crippen LogP contribution is 2.31. The van der Waals surface area contributed by atoms with E-state index in [2.05, 4.69) is 20.3 Å². The molecule has 2 aromatic rings. The van der Waals surface area contributed by atoms with E-state index in [-0.39, 0.29) is 12.6 Å². The highest BCUT2D eigenvalue weighted by Gasteiger charge is 2.44. The Labute approximate surface area is 161 Å². The number of aliphatic hydroxyl groups is 5. The molecule has 3 heterocycles. The number of fused-ring (bicyclic) bond motifs is 1. The van der Waals surface area contributed by atoms with Crippen LogP contribution in [-0.4, -0.2) is 88.7 Å². The van der Waals surface area contributed by atoms with Gasteiger partial charge in [-0.05, 0) is 13.8 Å². The first-order valence-corrected chi connectivity index (χ1v) is 8.90. The second kappa shape index (κ2) is 8.47. The number of hydrogen-bond acceptors (Lipinski definition) is 10. The van der Waals surface area contributed by atoms with Crippen LogP contribution in [0, 0.1) is 0 Å². The van der Waals surface area contributed by atoms with Crippen molar-refractivity contribution in [1.82, 2.24) is 19.5 Å². The van der Waals surface area contributed by atoms with Crippen molar-refractivity contribution in [1.29, 1.82) is 0 Å². The molecule has 0 radical (unpaired) electrons. The van der Waals surface area contributed by atoms with Gasteiger partial charge >= 0.3 is 0 Å². The van der Waals surface area contributed by atoms with Gasteiger partial charge in [-0.1, -0.05) is 11.6 Å². The lowest BCUT2D eigenvalue weighted by Crippen LogP contribution is -2.56. The van der Waals surface area contributed by atoms with Crippen LogP contribution in [0.15, 0.2) is 24.3 Å². The van der Waals surface area contributed by atoms with Gasteiger partial charge in [0.25, 0.3) is 0 Å². The minimum Gasteiger partial charge on any atom is -0.394 e. The summed E-state index contributed by atoms with van der Waals surface area (Å²) in [5.41, 5.74) is 1.57. The first kappa shape index (κ1) is 20.6. The summed E-state index contributed by atoms with van der Waals surface area (Å²) < 4.78 is 6.99. The van der Waals surface area contributed by atoms with E-state index in [1.54, 1.807) is 0 Å². The van der Waals surface area contributed by atoms with Crippen molar-refractivity contribution in [3.8, 4) is 0 Å². The molecule has 1 fully saturated rings. The van der Waals surface area contributed by atoms with Gasteiger partial charge in [-0.25, -0.2) is 15.0 Å². The number of hydrogen-bond donors (Lipinski definition) is 6. The third kappa shape index (κ3) is 3.85. The Balaban J connectivity index is 1.92. The first-order chi connectivity index (χ1) is 13.4. The number of imidazole rings is 1. The lowest BCUT2D eigenvalue weighted by atomic mass is 9.98. The first-order valence-electron chi connectivity index (χ1n) is 8.90. The number of nitrogens with zero attached hydrogens (tertiary/aromatic N) is 4. The summed E-state index contributed by atoms with van der Waals surface area (Å²) >= 11 is 0. The fourth-order valence-electron chi connectivity index (χ4n) is 3.19. The van der Waals surface area contributed by atoms with Crippen molar-refractivity contribution in [2.75, 3.05) is 18.5 Å². The van der Waals surface area contributed by atoms with Crippen LogP contribution in [0.5, 0.6) is 0 Å². The molecule has 2 unspecified atom stereocenters. The van der Waals surface area contributed by atoms with Crippen molar-refractivity contribution in [2.24, 2.45) is 0 Å². The van der Waals surface area contributed by atoms with Crippen molar-refractivity contribution >= 4 is 17.0 Å². The van der Waals surface area contributed by atoms with Gasteiger partial charge in [0.1, 0.15) is 30.7 Å². The second-order valence-electron chi connectivity index (χ2n) is 6.87. The van der Waals surface area contributed by atoms with Crippen LogP contribution in [0.4, 0.5) is 5.82 Å². The van der Waals surface area contributed by atoms with E-state index < -0.39 is 37.3 Å². The standard InChI is InChI=1S/C17H25N5O6/c1-8(4-23)3-9(2)21-15-11-16(19-6-18-15)22(7-20-11)17-14(27)13(26)12(25)10(5-24)28-17/h3,6-7,9-10,12-14,17,23-27H,4-5H2,1-2H3,(H,18,19,21)/b8-3+/t9?,10-,12-,13+,14-,17?/m1/s1. The summed E-state index contributed by atoms with van der Waals surface area (Å²) in [4.78, 5) is 12.7. The monoisotopic (exact) mass is 395 g/mol. The average Bonchev–Trinajstić information content (AvgIpc) is 3.11. The Morgan fingerprint density at radius 2 is 1.96 bits per heavy atom. The maximum absolute atomic E-state index is 10.3. The number of nitrogens with one attached hydrogen (secondary N) is 1. The third-order valence-electron chi connectivity index (χ3n) is 4.65. The summed E-state index contributed by atoms with van der Waals surface area (Å²) in [6.45, 7) is 3.13. The zero-order valence-corrected chi connectivity index (χ0v) is 15.5. The van der Waals surface area contributed by atoms with Crippen molar-refractivity contribution in [3.63, 3.8) is 0 Å². The minimum atomic E-state index is -1.50. The fourth-order valence-corrected chi connectivity index (χ4v) is 3.19. The summed E-state index contributed by atoms with van der Waals surface area (Å²) in [6, 6.07) is -0.136. The highest BCUT2D eigenvalue weighted by atomic mass is 16.6. The van der Waals surface area contributed by atoms with Crippen molar-refractivity contribution < 1.29 is 30.3 Å². The summed E-state index contributed by atoms with van der Waals surface area (Å²) in [5.74, 6) is 0.447.